The lowest BCUT2D eigenvalue weighted by Gasteiger charge is -2.26. The summed E-state index contributed by atoms with van der Waals surface area (Å²) in [4.78, 5) is 25.0. The number of aliphatic carboxylic acids is 1. The van der Waals surface area contributed by atoms with Crippen molar-refractivity contribution in [2.45, 2.75) is 57.0 Å². The molecule has 5 nitrogen and oxygen atoms in total. The molecule has 1 aliphatic heterocycles. The second kappa shape index (κ2) is 6.03. The first-order valence-corrected chi connectivity index (χ1v) is 8.06. The first-order valence-electron chi connectivity index (χ1n) is 7.01. The summed E-state index contributed by atoms with van der Waals surface area (Å²) in [5.41, 5.74) is 0. The largest absolute Gasteiger partial charge is 0.480 e. The summed E-state index contributed by atoms with van der Waals surface area (Å²) in [5.74, 6) is 0.177. The predicted octanol–water partition coefficient (Wildman–Crippen LogP) is 2.12. The molecule has 4 unspecified atom stereocenters. The minimum Gasteiger partial charge on any atom is -0.480 e. The predicted molar refractivity (Wildman–Crippen MR) is 75.1 cm³/mol. The van der Waals surface area contributed by atoms with E-state index in [1.54, 1.807) is 11.8 Å². The SMILES string of the molecule is CCCC1CC1NC(=O)N1C(CC)SCC1C(=O)O. The van der Waals surface area contributed by atoms with Crippen molar-refractivity contribution in [3.63, 3.8) is 0 Å². The number of carbonyl (C=O) groups excluding carboxylic acids is 1. The molecule has 1 aliphatic carbocycles. The van der Waals surface area contributed by atoms with Crippen molar-refractivity contribution in [2.24, 2.45) is 5.92 Å². The summed E-state index contributed by atoms with van der Waals surface area (Å²) in [5, 5.41) is 12.2. The molecule has 2 amide bonds. The van der Waals surface area contributed by atoms with Gasteiger partial charge in [0.05, 0.1) is 5.37 Å². The summed E-state index contributed by atoms with van der Waals surface area (Å²) >= 11 is 1.56. The molecular formula is C13H22N2O3S. The maximum Gasteiger partial charge on any atom is 0.327 e. The van der Waals surface area contributed by atoms with E-state index in [2.05, 4.69) is 12.2 Å². The zero-order valence-electron chi connectivity index (χ0n) is 11.5. The normalized spacial score (nSPS) is 33.3. The highest BCUT2D eigenvalue weighted by Crippen LogP contribution is 2.36. The summed E-state index contributed by atoms with van der Waals surface area (Å²) in [6.07, 6.45) is 4.09. The molecule has 0 aromatic heterocycles. The van der Waals surface area contributed by atoms with Crippen LogP contribution in [-0.2, 0) is 4.79 Å². The van der Waals surface area contributed by atoms with E-state index in [0.717, 1.165) is 25.7 Å². The van der Waals surface area contributed by atoms with Gasteiger partial charge in [-0.1, -0.05) is 20.3 Å². The van der Waals surface area contributed by atoms with E-state index < -0.39 is 12.0 Å². The lowest BCUT2D eigenvalue weighted by atomic mass is 10.2. The van der Waals surface area contributed by atoms with E-state index in [0.29, 0.717) is 11.7 Å². The fourth-order valence-electron chi connectivity index (χ4n) is 2.69. The van der Waals surface area contributed by atoms with Gasteiger partial charge in [0.2, 0.25) is 0 Å². The first-order chi connectivity index (χ1) is 9.08. The Morgan fingerprint density at radius 2 is 2.16 bits per heavy atom. The van der Waals surface area contributed by atoms with Crippen LogP contribution in [0.5, 0.6) is 0 Å². The third-order valence-electron chi connectivity index (χ3n) is 3.85. The van der Waals surface area contributed by atoms with Crippen LogP contribution in [0.15, 0.2) is 0 Å². The topological polar surface area (TPSA) is 69.6 Å². The van der Waals surface area contributed by atoms with E-state index in [4.69, 9.17) is 0 Å². The number of urea groups is 1. The quantitative estimate of drug-likeness (QED) is 0.812. The lowest BCUT2D eigenvalue weighted by molar-refractivity contribution is -0.141. The Morgan fingerprint density at radius 1 is 1.42 bits per heavy atom. The van der Waals surface area contributed by atoms with E-state index in [9.17, 15) is 14.7 Å². The Balaban J connectivity index is 1.93. The van der Waals surface area contributed by atoms with Gasteiger partial charge in [0, 0.05) is 11.8 Å². The van der Waals surface area contributed by atoms with Crippen molar-refractivity contribution in [3.05, 3.63) is 0 Å². The molecule has 4 atom stereocenters. The van der Waals surface area contributed by atoms with Gasteiger partial charge in [0.1, 0.15) is 6.04 Å². The van der Waals surface area contributed by atoms with Crippen molar-refractivity contribution in [2.75, 3.05) is 5.75 Å². The van der Waals surface area contributed by atoms with Crippen molar-refractivity contribution in [1.82, 2.24) is 10.2 Å². The molecule has 2 rings (SSSR count). The van der Waals surface area contributed by atoms with Crippen LogP contribution in [0.25, 0.3) is 0 Å². The van der Waals surface area contributed by atoms with Gasteiger partial charge in [-0.25, -0.2) is 9.59 Å². The Morgan fingerprint density at radius 3 is 2.74 bits per heavy atom. The molecule has 108 valence electrons. The van der Waals surface area contributed by atoms with Crippen LogP contribution in [0.1, 0.15) is 39.5 Å². The number of nitrogens with zero attached hydrogens (tertiary/aromatic N) is 1. The fourth-order valence-corrected chi connectivity index (χ4v) is 4.03. The average Bonchev–Trinajstić information content (AvgIpc) is 2.94. The minimum absolute atomic E-state index is 0.00975. The molecule has 0 aromatic rings. The molecule has 0 spiro atoms. The van der Waals surface area contributed by atoms with Crippen LogP contribution in [0.3, 0.4) is 0 Å². The highest BCUT2D eigenvalue weighted by molar-refractivity contribution is 8.00. The second-order valence-electron chi connectivity index (χ2n) is 5.30. The number of hydrogen-bond acceptors (Lipinski definition) is 3. The lowest BCUT2D eigenvalue weighted by Crippen LogP contribution is -2.50. The summed E-state index contributed by atoms with van der Waals surface area (Å²) in [7, 11) is 0. The van der Waals surface area contributed by atoms with E-state index in [-0.39, 0.29) is 17.4 Å². The number of amides is 2. The highest BCUT2D eigenvalue weighted by atomic mass is 32.2. The maximum absolute atomic E-state index is 12.3. The van der Waals surface area contributed by atoms with Gasteiger partial charge in [-0.2, -0.15) is 0 Å². The number of hydrogen-bond donors (Lipinski definition) is 2. The van der Waals surface area contributed by atoms with Gasteiger partial charge in [-0.3, -0.25) is 4.90 Å². The van der Waals surface area contributed by atoms with E-state index in [1.165, 1.54) is 4.90 Å². The second-order valence-corrected chi connectivity index (χ2v) is 6.51. The van der Waals surface area contributed by atoms with Gasteiger partial charge >= 0.3 is 12.0 Å². The van der Waals surface area contributed by atoms with Gasteiger partial charge in [-0.05, 0) is 25.2 Å². The van der Waals surface area contributed by atoms with E-state index >= 15 is 0 Å². The number of carboxylic acids is 1. The Kier molecular flexibility index (Phi) is 4.60. The third kappa shape index (κ3) is 3.16. The monoisotopic (exact) mass is 286 g/mol. The standard InChI is InChI=1S/C13H22N2O3S/c1-3-5-8-6-9(8)14-13(18)15-10(12(16)17)7-19-11(15)4-2/h8-11H,3-7H2,1-2H3,(H,14,18)(H,16,17). The van der Waals surface area contributed by atoms with Crippen LogP contribution in [0.2, 0.25) is 0 Å². The third-order valence-corrected chi connectivity index (χ3v) is 5.31. The van der Waals surface area contributed by atoms with Gasteiger partial charge in [0.25, 0.3) is 0 Å². The van der Waals surface area contributed by atoms with Crippen LogP contribution in [-0.4, -0.2) is 45.2 Å². The number of nitrogens with one attached hydrogen (secondary N) is 1. The summed E-state index contributed by atoms with van der Waals surface area (Å²) in [6, 6.07) is -0.629. The molecule has 1 heterocycles. The number of thioether (sulfide) groups is 1. The van der Waals surface area contributed by atoms with Crippen LogP contribution < -0.4 is 5.32 Å². The minimum atomic E-state index is -0.903. The maximum atomic E-state index is 12.3. The van der Waals surface area contributed by atoms with Gasteiger partial charge in [0.15, 0.2) is 0 Å². The van der Waals surface area contributed by atoms with Crippen LogP contribution in [0, 0.1) is 5.92 Å². The molecule has 2 N–H and O–H groups in total. The molecule has 0 aromatic carbocycles. The van der Waals surface area contributed by atoms with Gasteiger partial charge < -0.3 is 10.4 Å². The Hall–Kier alpha value is -0.910. The zero-order valence-corrected chi connectivity index (χ0v) is 12.3. The number of rotatable bonds is 5. The van der Waals surface area contributed by atoms with E-state index in [1.807, 2.05) is 6.92 Å². The van der Waals surface area contributed by atoms with Crippen LogP contribution in [0.4, 0.5) is 4.79 Å². The molecule has 2 aliphatic rings. The van der Waals surface area contributed by atoms with Crippen molar-refractivity contribution >= 4 is 23.8 Å². The van der Waals surface area contributed by atoms with Crippen molar-refractivity contribution in [1.29, 1.82) is 0 Å². The zero-order chi connectivity index (χ0) is 14.0. The molecule has 6 heteroatoms. The molecule has 0 radical (unpaired) electrons. The number of carboxylic acid groups (broad SMARTS) is 1. The fraction of sp³-hybridized carbons (Fsp3) is 0.846. The number of carbonyl (C=O) groups is 2. The van der Waals surface area contributed by atoms with Crippen molar-refractivity contribution in [3.8, 4) is 0 Å². The van der Waals surface area contributed by atoms with Crippen molar-refractivity contribution < 1.29 is 14.7 Å². The van der Waals surface area contributed by atoms with Gasteiger partial charge in [-0.15, -0.1) is 11.8 Å². The Bertz CT molecular complexity index is 364. The molecule has 1 saturated heterocycles. The molecule has 0 bridgehead atoms. The summed E-state index contributed by atoms with van der Waals surface area (Å²) < 4.78 is 0. The highest BCUT2D eigenvalue weighted by Gasteiger charge is 2.44. The van der Waals surface area contributed by atoms with Crippen LogP contribution >= 0.6 is 11.8 Å². The molecular weight excluding hydrogens is 264 g/mol. The first kappa shape index (κ1) is 14.5. The molecule has 1 saturated carbocycles. The molecule has 2 fully saturated rings. The smallest absolute Gasteiger partial charge is 0.327 e. The molecule has 19 heavy (non-hydrogen) atoms. The summed E-state index contributed by atoms with van der Waals surface area (Å²) in [6.45, 7) is 4.13. The average molecular weight is 286 g/mol. The Labute approximate surface area is 118 Å².